The SMILES string of the molecule is Cc1ccc(Oc2ccc(Br)cc2Br)c(CC(C)N)c1. The highest BCUT2D eigenvalue weighted by Crippen LogP contribution is 2.34. The number of rotatable bonds is 4. The molecule has 4 heteroatoms. The van der Waals surface area contributed by atoms with Crippen molar-refractivity contribution in [2.24, 2.45) is 5.73 Å². The maximum atomic E-state index is 6.03. The van der Waals surface area contributed by atoms with E-state index in [1.54, 1.807) is 0 Å². The van der Waals surface area contributed by atoms with Gasteiger partial charge in [0.15, 0.2) is 0 Å². The molecule has 0 aromatic heterocycles. The first kappa shape index (κ1) is 15.5. The zero-order valence-corrected chi connectivity index (χ0v) is 14.7. The van der Waals surface area contributed by atoms with E-state index in [2.05, 4.69) is 44.8 Å². The Labute approximate surface area is 136 Å². The summed E-state index contributed by atoms with van der Waals surface area (Å²) in [6.07, 6.45) is 0.797. The largest absolute Gasteiger partial charge is 0.456 e. The molecule has 0 amide bonds. The molecule has 0 fully saturated rings. The third kappa shape index (κ3) is 4.08. The molecule has 0 spiro atoms. The molecule has 0 saturated carbocycles. The van der Waals surface area contributed by atoms with Crippen LogP contribution in [-0.4, -0.2) is 6.04 Å². The van der Waals surface area contributed by atoms with Crippen LogP contribution in [0.1, 0.15) is 18.1 Å². The fourth-order valence-corrected chi connectivity index (χ4v) is 3.12. The van der Waals surface area contributed by atoms with Crippen molar-refractivity contribution in [1.29, 1.82) is 0 Å². The summed E-state index contributed by atoms with van der Waals surface area (Å²) in [6.45, 7) is 4.08. The van der Waals surface area contributed by atoms with Gasteiger partial charge in [0.25, 0.3) is 0 Å². The summed E-state index contributed by atoms with van der Waals surface area (Å²) in [6, 6.07) is 12.1. The molecule has 1 unspecified atom stereocenters. The zero-order chi connectivity index (χ0) is 14.7. The van der Waals surface area contributed by atoms with Gasteiger partial charge in [0.1, 0.15) is 11.5 Å². The fraction of sp³-hybridized carbons (Fsp3) is 0.250. The standard InChI is InChI=1S/C16H17Br2NO/c1-10-3-5-15(12(7-10)8-11(2)19)20-16-6-4-13(17)9-14(16)18/h3-7,9,11H,8,19H2,1-2H3. The Morgan fingerprint density at radius 1 is 1.10 bits per heavy atom. The van der Waals surface area contributed by atoms with Crippen molar-refractivity contribution in [1.82, 2.24) is 0 Å². The van der Waals surface area contributed by atoms with Crippen LogP contribution in [-0.2, 0) is 6.42 Å². The highest BCUT2D eigenvalue weighted by atomic mass is 79.9. The van der Waals surface area contributed by atoms with Crippen molar-refractivity contribution in [2.45, 2.75) is 26.3 Å². The molecule has 2 N–H and O–H groups in total. The maximum absolute atomic E-state index is 6.03. The van der Waals surface area contributed by atoms with Gasteiger partial charge in [-0.05, 0) is 66.0 Å². The summed E-state index contributed by atoms with van der Waals surface area (Å²) >= 11 is 6.95. The topological polar surface area (TPSA) is 35.2 Å². The van der Waals surface area contributed by atoms with Crippen molar-refractivity contribution in [3.05, 3.63) is 56.5 Å². The monoisotopic (exact) mass is 397 g/mol. The van der Waals surface area contributed by atoms with E-state index in [1.807, 2.05) is 37.3 Å². The van der Waals surface area contributed by atoms with Crippen molar-refractivity contribution < 1.29 is 4.74 Å². The molecule has 2 aromatic rings. The number of benzene rings is 2. The molecule has 0 heterocycles. The minimum atomic E-state index is 0.104. The number of hydrogen-bond donors (Lipinski definition) is 1. The number of hydrogen-bond acceptors (Lipinski definition) is 2. The second-order valence-corrected chi connectivity index (χ2v) is 6.74. The molecule has 0 saturated heterocycles. The van der Waals surface area contributed by atoms with Gasteiger partial charge in [0.05, 0.1) is 4.47 Å². The number of ether oxygens (including phenoxy) is 1. The lowest BCUT2D eigenvalue weighted by molar-refractivity contribution is 0.470. The van der Waals surface area contributed by atoms with E-state index in [0.717, 1.165) is 32.4 Å². The van der Waals surface area contributed by atoms with E-state index < -0.39 is 0 Å². The molecular weight excluding hydrogens is 382 g/mol. The molecule has 2 nitrogen and oxygen atoms in total. The van der Waals surface area contributed by atoms with Crippen molar-refractivity contribution in [3.63, 3.8) is 0 Å². The summed E-state index contributed by atoms with van der Waals surface area (Å²) in [7, 11) is 0. The van der Waals surface area contributed by atoms with Crippen LogP contribution in [0.5, 0.6) is 11.5 Å². The highest BCUT2D eigenvalue weighted by Gasteiger charge is 2.10. The average molecular weight is 399 g/mol. The van der Waals surface area contributed by atoms with E-state index in [9.17, 15) is 0 Å². The van der Waals surface area contributed by atoms with Gasteiger partial charge in [0, 0.05) is 10.5 Å². The van der Waals surface area contributed by atoms with Crippen LogP contribution in [0.2, 0.25) is 0 Å². The van der Waals surface area contributed by atoms with Crippen molar-refractivity contribution >= 4 is 31.9 Å². The molecule has 106 valence electrons. The predicted octanol–water partition coefficient (Wildman–Crippen LogP) is 5.20. The van der Waals surface area contributed by atoms with Crippen LogP contribution in [0.3, 0.4) is 0 Å². The first-order valence-electron chi connectivity index (χ1n) is 6.43. The molecule has 0 radical (unpaired) electrons. The summed E-state index contributed by atoms with van der Waals surface area (Å²) in [5, 5.41) is 0. The lowest BCUT2D eigenvalue weighted by atomic mass is 10.0. The summed E-state index contributed by atoms with van der Waals surface area (Å²) in [4.78, 5) is 0. The lowest BCUT2D eigenvalue weighted by Crippen LogP contribution is -2.18. The molecule has 20 heavy (non-hydrogen) atoms. The van der Waals surface area contributed by atoms with E-state index >= 15 is 0 Å². The molecular formula is C16H17Br2NO. The van der Waals surface area contributed by atoms with E-state index in [1.165, 1.54) is 5.56 Å². The number of aryl methyl sites for hydroxylation is 1. The Morgan fingerprint density at radius 2 is 1.80 bits per heavy atom. The lowest BCUT2D eigenvalue weighted by Gasteiger charge is -2.14. The van der Waals surface area contributed by atoms with Crippen LogP contribution in [0, 0.1) is 6.92 Å². The third-order valence-electron chi connectivity index (χ3n) is 2.87. The van der Waals surface area contributed by atoms with Gasteiger partial charge in [-0.3, -0.25) is 0 Å². The Balaban J connectivity index is 2.32. The molecule has 0 aliphatic rings. The van der Waals surface area contributed by atoms with Crippen molar-refractivity contribution in [2.75, 3.05) is 0 Å². The average Bonchev–Trinajstić information content (AvgIpc) is 2.34. The minimum Gasteiger partial charge on any atom is -0.456 e. The Morgan fingerprint density at radius 3 is 2.45 bits per heavy atom. The van der Waals surface area contributed by atoms with Crippen LogP contribution in [0.25, 0.3) is 0 Å². The maximum Gasteiger partial charge on any atom is 0.141 e. The Kier molecular flexibility index (Phi) is 5.24. The smallest absolute Gasteiger partial charge is 0.141 e. The van der Waals surface area contributed by atoms with Crippen LogP contribution < -0.4 is 10.5 Å². The zero-order valence-electron chi connectivity index (χ0n) is 11.5. The molecule has 1 atom stereocenters. The van der Waals surface area contributed by atoms with E-state index in [-0.39, 0.29) is 6.04 Å². The van der Waals surface area contributed by atoms with Gasteiger partial charge in [-0.1, -0.05) is 33.6 Å². The second-order valence-electron chi connectivity index (χ2n) is 4.97. The normalized spacial score (nSPS) is 12.2. The van der Waals surface area contributed by atoms with Crippen LogP contribution in [0.15, 0.2) is 45.3 Å². The number of halogens is 2. The number of nitrogens with two attached hydrogens (primary N) is 1. The Hall–Kier alpha value is -0.840. The molecule has 2 rings (SSSR count). The minimum absolute atomic E-state index is 0.104. The van der Waals surface area contributed by atoms with Gasteiger partial charge < -0.3 is 10.5 Å². The quantitative estimate of drug-likeness (QED) is 0.767. The Bertz CT molecular complexity index is 611. The van der Waals surface area contributed by atoms with Gasteiger partial charge in [-0.25, -0.2) is 0 Å². The van der Waals surface area contributed by atoms with Gasteiger partial charge >= 0.3 is 0 Å². The second kappa shape index (κ2) is 6.74. The summed E-state index contributed by atoms with van der Waals surface area (Å²) in [5.74, 6) is 1.65. The first-order chi connectivity index (χ1) is 9.45. The predicted molar refractivity (Wildman–Crippen MR) is 90.4 cm³/mol. The fourth-order valence-electron chi connectivity index (χ4n) is 1.99. The third-order valence-corrected chi connectivity index (χ3v) is 3.98. The van der Waals surface area contributed by atoms with Gasteiger partial charge in [-0.15, -0.1) is 0 Å². The first-order valence-corrected chi connectivity index (χ1v) is 8.02. The van der Waals surface area contributed by atoms with E-state index in [0.29, 0.717) is 0 Å². The van der Waals surface area contributed by atoms with Gasteiger partial charge in [0.2, 0.25) is 0 Å². The van der Waals surface area contributed by atoms with E-state index in [4.69, 9.17) is 10.5 Å². The van der Waals surface area contributed by atoms with Crippen molar-refractivity contribution in [3.8, 4) is 11.5 Å². The molecule has 2 aromatic carbocycles. The summed E-state index contributed by atoms with van der Waals surface area (Å²) in [5.41, 5.74) is 8.26. The molecule has 0 bridgehead atoms. The highest BCUT2D eigenvalue weighted by molar-refractivity contribution is 9.11. The summed E-state index contributed by atoms with van der Waals surface area (Å²) < 4.78 is 7.95. The van der Waals surface area contributed by atoms with Crippen LogP contribution >= 0.6 is 31.9 Å². The van der Waals surface area contributed by atoms with Crippen LogP contribution in [0.4, 0.5) is 0 Å². The molecule has 0 aliphatic heterocycles. The molecule has 0 aliphatic carbocycles. The van der Waals surface area contributed by atoms with Gasteiger partial charge in [-0.2, -0.15) is 0 Å².